The molecule has 0 aromatic heterocycles. The number of amides is 1. The number of carbonyl (C=O) groups excluding carboxylic acids is 1. The third-order valence-corrected chi connectivity index (χ3v) is 7.36. The normalized spacial score (nSPS) is 22.7. The highest BCUT2D eigenvalue weighted by Gasteiger charge is 2.28. The van der Waals surface area contributed by atoms with Crippen molar-refractivity contribution in [3.63, 3.8) is 0 Å². The van der Waals surface area contributed by atoms with Crippen molar-refractivity contribution in [1.82, 2.24) is 9.80 Å². The van der Waals surface area contributed by atoms with Crippen LogP contribution in [0.4, 0.5) is 0 Å². The van der Waals surface area contributed by atoms with Crippen LogP contribution in [0.2, 0.25) is 0 Å². The maximum atomic E-state index is 12.6. The maximum absolute atomic E-state index is 12.6. The number of fused-ring (bicyclic) bond motifs is 1. The van der Waals surface area contributed by atoms with Crippen molar-refractivity contribution < 1.29 is 9.53 Å². The van der Waals surface area contributed by atoms with Gasteiger partial charge in [0.1, 0.15) is 11.9 Å². The SMILES string of the molecule is O=C(c1ccc(OC2CCN([C@H]3CCc4ccccc4C3)CC2)cc1)N1CCCCC1. The fourth-order valence-electron chi connectivity index (χ4n) is 5.50. The van der Waals surface area contributed by atoms with E-state index in [-0.39, 0.29) is 12.0 Å². The summed E-state index contributed by atoms with van der Waals surface area (Å²) >= 11 is 0. The van der Waals surface area contributed by atoms with Gasteiger partial charge in [0.15, 0.2) is 0 Å². The molecule has 3 aliphatic rings. The predicted octanol–water partition coefficient (Wildman–Crippen LogP) is 4.71. The molecule has 0 unspecified atom stereocenters. The number of benzene rings is 2. The number of likely N-dealkylation sites (tertiary alicyclic amines) is 2. The van der Waals surface area contributed by atoms with Crippen LogP contribution in [0.1, 0.15) is 60.0 Å². The summed E-state index contributed by atoms with van der Waals surface area (Å²) in [7, 11) is 0. The number of hydrogen-bond donors (Lipinski definition) is 0. The Bertz CT molecular complexity index is 880. The second kappa shape index (κ2) is 9.44. The summed E-state index contributed by atoms with van der Waals surface area (Å²) < 4.78 is 6.28. The van der Waals surface area contributed by atoms with Crippen molar-refractivity contribution in [3.8, 4) is 5.75 Å². The molecular weight excluding hydrogens is 384 g/mol. The Balaban J connectivity index is 1.11. The molecule has 0 saturated carbocycles. The third kappa shape index (κ3) is 4.79. The lowest BCUT2D eigenvalue weighted by Gasteiger charge is -2.39. The molecule has 2 aromatic carbocycles. The van der Waals surface area contributed by atoms with Gasteiger partial charge in [-0.25, -0.2) is 0 Å². The van der Waals surface area contributed by atoms with Gasteiger partial charge in [-0.1, -0.05) is 24.3 Å². The number of carbonyl (C=O) groups is 1. The van der Waals surface area contributed by atoms with Gasteiger partial charge in [0.05, 0.1) is 0 Å². The summed E-state index contributed by atoms with van der Waals surface area (Å²) in [5.74, 6) is 1.05. The second-order valence-corrected chi connectivity index (χ2v) is 9.40. The molecule has 0 spiro atoms. The van der Waals surface area contributed by atoms with Gasteiger partial charge in [0, 0.05) is 37.8 Å². The molecule has 5 rings (SSSR count). The van der Waals surface area contributed by atoms with Crippen molar-refractivity contribution in [2.24, 2.45) is 0 Å². The van der Waals surface area contributed by atoms with Gasteiger partial charge in [0.25, 0.3) is 5.91 Å². The van der Waals surface area contributed by atoms with Gasteiger partial charge < -0.3 is 9.64 Å². The second-order valence-electron chi connectivity index (χ2n) is 9.40. The van der Waals surface area contributed by atoms with E-state index in [9.17, 15) is 4.79 Å². The van der Waals surface area contributed by atoms with Crippen molar-refractivity contribution >= 4 is 5.91 Å². The molecule has 0 radical (unpaired) electrons. The lowest BCUT2D eigenvalue weighted by atomic mass is 9.86. The summed E-state index contributed by atoms with van der Waals surface area (Å²) in [6.45, 7) is 4.01. The van der Waals surface area contributed by atoms with Crippen LogP contribution in [0.5, 0.6) is 5.75 Å². The first-order valence-electron chi connectivity index (χ1n) is 12.1. The van der Waals surface area contributed by atoms with Crippen LogP contribution in [0.3, 0.4) is 0 Å². The molecule has 2 aromatic rings. The van der Waals surface area contributed by atoms with Crippen molar-refractivity contribution in [3.05, 3.63) is 65.2 Å². The molecule has 1 amide bonds. The first kappa shape index (κ1) is 20.6. The topological polar surface area (TPSA) is 32.8 Å². The summed E-state index contributed by atoms with van der Waals surface area (Å²) in [5, 5.41) is 0. The number of nitrogens with zero attached hydrogens (tertiary/aromatic N) is 2. The molecule has 4 nitrogen and oxygen atoms in total. The van der Waals surface area contributed by atoms with Crippen LogP contribution >= 0.6 is 0 Å². The van der Waals surface area contributed by atoms with E-state index in [1.165, 1.54) is 31.2 Å². The van der Waals surface area contributed by atoms with Gasteiger partial charge in [-0.15, -0.1) is 0 Å². The Morgan fingerprint density at radius 3 is 2.26 bits per heavy atom. The molecule has 1 aliphatic carbocycles. The number of aryl methyl sites for hydroxylation is 1. The van der Waals surface area contributed by atoms with E-state index in [0.717, 1.165) is 63.2 Å². The van der Waals surface area contributed by atoms with Crippen LogP contribution in [-0.4, -0.2) is 54.0 Å². The van der Waals surface area contributed by atoms with E-state index >= 15 is 0 Å². The Labute approximate surface area is 186 Å². The van der Waals surface area contributed by atoms with E-state index in [1.807, 2.05) is 29.2 Å². The first-order chi connectivity index (χ1) is 15.3. The summed E-state index contributed by atoms with van der Waals surface area (Å²) in [6, 6.07) is 17.4. The van der Waals surface area contributed by atoms with Gasteiger partial charge in [-0.3, -0.25) is 9.69 Å². The molecule has 2 saturated heterocycles. The monoisotopic (exact) mass is 418 g/mol. The fraction of sp³-hybridized carbons (Fsp3) is 0.519. The summed E-state index contributed by atoms with van der Waals surface area (Å²) in [5.41, 5.74) is 3.86. The molecule has 164 valence electrons. The largest absolute Gasteiger partial charge is 0.490 e. The minimum atomic E-state index is 0.161. The maximum Gasteiger partial charge on any atom is 0.253 e. The zero-order valence-corrected chi connectivity index (χ0v) is 18.5. The molecule has 2 fully saturated rings. The minimum Gasteiger partial charge on any atom is -0.490 e. The molecule has 4 heteroatoms. The average Bonchev–Trinajstić information content (AvgIpc) is 2.85. The lowest BCUT2D eigenvalue weighted by Crippen LogP contribution is -2.46. The van der Waals surface area contributed by atoms with Crippen LogP contribution in [-0.2, 0) is 12.8 Å². The lowest BCUT2D eigenvalue weighted by molar-refractivity contribution is 0.0706. The zero-order chi connectivity index (χ0) is 21.0. The molecule has 0 bridgehead atoms. The fourth-order valence-corrected chi connectivity index (χ4v) is 5.50. The number of rotatable bonds is 4. The van der Waals surface area contributed by atoms with Crippen LogP contribution in [0.25, 0.3) is 0 Å². The molecule has 2 heterocycles. The molecule has 2 aliphatic heterocycles. The minimum absolute atomic E-state index is 0.161. The van der Waals surface area contributed by atoms with Crippen LogP contribution in [0, 0.1) is 0 Å². The third-order valence-electron chi connectivity index (χ3n) is 7.36. The van der Waals surface area contributed by atoms with E-state index in [4.69, 9.17) is 4.74 Å². The Morgan fingerprint density at radius 1 is 0.806 bits per heavy atom. The quantitative estimate of drug-likeness (QED) is 0.721. The predicted molar refractivity (Wildman–Crippen MR) is 124 cm³/mol. The van der Waals surface area contributed by atoms with Gasteiger partial charge >= 0.3 is 0 Å². The molecule has 0 N–H and O–H groups in total. The number of ether oxygens (including phenoxy) is 1. The Morgan fingerprint density at radius 2 is 1.52 bits per heavy atom. The van der Waals surface area contributed by atoms with E-state index in [1.54, 1.807) is 5.56 Å². The zero-order valence-electron chi connectivity index (χ0n) is 18.5. The Hall–Kier alpha value is -2.33. The summed E-state index contributed by atoms with van der Waals surface area (Å²) in [6.07, 6.45) is 9.58. The van der Waals surface area contributed by atoms with Crippen LogP contribution < -0.4 is 4.74 Å². The van der Waals surface area contributed by atoms with E-state index in [0.29, 0.717) is 6.04 Å². The standard InChI is InChI=1S/C27H34N2O2/c30-27(29-16-4-1-5-17-29)22-9-12-25(13-10-22)31-26-14-18-28(19-15-26)24-11-8-21-6-2-3-7-23(21)20-24/h2-3,6-7,9-10,12-13,24,26H,1,4-5,8,11,14-20H2/t24-/m0/s1. The van der Waals surface area contributed by atoms with Crippen molar-refractivity contribution in [2.75, 3.05) is 26.2 Å². The van der Waals surface area contributed by atoms with Crippen molar-refractivity contribution in [1.29, 1.82) is 0 Å². The van der Waals surface area contributed by atoms with Gasteiger partial charge in [-0.05, 0) is 86.8 Å². The van der Waals surface area contributed by atoms with Crippen molar-refractivity contribution in [2.45, 2.75) is 63.5 Å². The Kier molecular flexibility index (Phi) is 6.26. The molecule has 1 atom stereocenters. The smallest absolute Gasteiger partial charge is 0.253 e. The van der Waals surface area contributed by atoms with Gasteiger partial charge in [-0.2, -0.15) is 0 Å². The van der Waals surface area contributed by atoms with Crippen LogP contribution in [0.15, 0.2) is 48.5 Å². The number of hydrogen-bond acceptors (Lipinski definition) is 3. The van der Waals surface area contributed by atoms with E-state index in [2.05, 4.69) is 29.2 Å². The highest BCUT2D eigenvalue weighted by Crippen LogP contribution is 2.28. The summed E-state index contributed by atoms with van der Waals surface area (Å²) in [4.78, 5) is 17.3. The highest BCUT2D eigenvalue weighted by atomic mass is 16.5. The average molecular weight is 419 g/mol. The first-order valence-corrected chi connectivity index (χ1v) is 12.1. The van der Waals surface area contributed by atoms with Gasteiger partial charge in [0.2, 0.25) is 0 Å². The highest BCUT2D eigenvalue weighted by molar-refractivity contribution is 5.94. The number of piperidine rings is 2. The molecular formula is C27H34N2O2. The molecule has 31 heavy (non-hydrogen) atoms. The van der Waals surface area contributed by atoms with E-state index < -0.39 is 0 Å².